The van der Waals surface area contributed by atoms with Crippen LogP contribution in [0.1, 0.15) is 25.7 Å². The summed E-state index contributed by atoms with van der Waals surface area (Å²) >= 11 is 3.46. The lowest BCUT2D eigenvalue weighted by atomic mass is 10.2. The molecule has 0 heterocycles. The summed E-state index contributed by atoms with van der Waals surface area (Å²) in [5.41, 5.74) is 1.09. The van der Waals surface area contributed by atoms with Crippen molar-refractivity contribution in [1.82, 2.24) is 10.2 Å². The number of unbranched alkanes of at least 4 members (excludes halogenated alkanes) is 3. The summed E-state index contributed by atoms with van der Waals surface area (Å²) in [6, 6.07) is 10.1. The molecular weight excluding hydrogens is 352 g/mol. The number of nitrogens with one attached hydrogen (secondary N) is 1. The Hall–Kier alpha value is -1.49. The summed E-state index contributed by atoms with van der Waals surface area (Å²) in [7, 11) is 4.00. The van der Waals surface area contributed by atoms with Gasteiger partial charge in [-0.05, 0) is 25.0 Å². The van der Waals surface area contributed by atoms with Crippen LogP contribution in [0.25, 0.3) is 0 Å². The number of anilines is 1. The first kappa shape index (κ1) is 19.6. The zero-order valence-corrected chi connectivity index (χ0v) is 15.9. The highest BCUT2D eigenvalue weighted by Gasteiger charge is 1.95. The fourth-order valence-electron chi connectivity index (χ4n) is 2.00. The van der Waals surface area contributed by atoms with Crippen LogP contribution < -0.4 is 10.3 Å². The van der Waals surface area contributed by atoms with E-state index in [1.54, 1.807) is 0 Å². The molecule has 1 N–H and O–H groups in total. The van der Waals surface area contributed by atoms with E-state index in [-0.39, 0.29) is 0 Å². The maximum Gasteiger partial charge on any atom is 0.0590 e. The fraction of sp³-hybridized carbons (Fsp3) is 0.500. The molecule has 1 aromatic rings. The fourth-order valence-corrected chi connectivity index (χ4v) is 2.39. The maximum atomic E-state index is 4.43. The van der Waals surface area contributed by atoms with Crippen LogP contribution >= 0.6 is 15.9 Å². The molecule has 0 aromatic heterocycles. The predicted octanol–water partition coefficient (Wildman–Crippen LogP) is 4.06. The number of para-hydroxylation sites is 1. The molecule has 0 aliphatic rings. The van der Waals surface area contributed by atoms with Crippen molar-refractivity contribution in [1.29, 1.82) is 0 Å². The van der Waals surface area contributed by atoms with E-state index in [2.05, 4.69) is 31.2 Å². The molecule has 0 fully saturated rings. The van der Waals surface area contributed by atoms with Gasteiger partial charge in [0.2, 0.25) is 0 Å². The summed E-state index contributed by atoms with van der Waals surface area (Å²) in [6.45, 7) is 1.82. The highest BCUT2D eigenvalue weighted by Crippen LogP contribution is 2.10. The number of rotatable bonds is 12. The monoisotopic (exact) mass is 380 g/mol. The van der Waals surface area contributed by atoms with Gasteiger partial charge in [-0.3, -0.25) is 5.01 Å². The second-order valence-corrected chi connectivity index (χ2v) is 6.26. The van der Waals surface area contributed by atoms with Crippen molar-refractivity contribution < 1.29 is 0 Å². The van der Waals surface area contributed by atoms with E-state index in [1.807, 2.05) is 68.1 Å². The minimum absolute atomic E-state index is 0.778. The van der Waals surface area contributed by atoms with Crippen LogP contribution in [0, 0.1) is 0 Å². The zero-order chi connectivity index (χ0) is 16.8. The molecule has 4 nitrogen and oxygen atoms in total. The summed E-state index contributed by atoms with van der Waals surface area (Å²) in [5.74, 6) is 0. The third kappa shape index (κ3) is 10.00. The van der Waals surface area contributed by atoms with Crippen molar-refractivity contribution in [2.24, 2.45) is 5.10 Å². The van der Waals surface area contributed by atoms with Crippen LogP contribution in [0.5, 0.6) is 0 Å². The molecule has 0 saturated carbocycles. The Morgan fingerprint density at radius 1 is 1.09 bits per heavy atom. The second kappa shape index (κ2) is 13.0. The number of hydrogen-bond acceptors (Lipinski definition) is 4. The van der Waals surface area contributed by atoms with Crippen molar-refractivity contribution in [3.05, 3.63) is 42.7 Å². The van der Waals surface area contributed by atoms with E-state index in [9.17, 15) is 0 Å². The summed E-state index contributed by atoms with van der Waals surface area (Å²) < 4.78 is 0. The number of alkyl halides is 1. The smallest absolute Gasteiger partial charge is 0.0590 e. The first-order valence-electron chi connectivity index (χ1n) is 8.21. The highest BCUT2D eigenvalue weighted by atomic mass is 79.9. The Morgan fingerprint density at radius 3 is 2.57 bits per heavy atom. The largest absolute Gasteiger partial charge is 0.390 e. The SMILES string of the molecule is CN(C=CNCCCCCCBr)CC=NN(C)c1ccccc1. The number of hydrogen-bond donors (Lipinski definition) is 1. The summed E-state index contributed by atoms with van der Waals surface area (Å²) in [4.78, 5) is 2.10. The molecule has 23 heavy (non-hydrogen) atoms. The minimum atomic E-state index is 0.778. The lowest BCUT2D eigenvalue weighted by Crippen LogP contribution is -2.17. The van der Waals surface area contributed by atoms with Crippen molar-refractivity contribution in [2.45, 2.75) is 25.7 Å². The maximum absolute atomic E-state index is 4.43. The van der Waals surface area contributed by atoms with Crippen LogP contribution in [-0.4, -0.2) is 43.6 Å². The topological polar surface area (TPSA) is 30.9 Å². The highest BCUT2D eigenvalue weighted by molar-refractivity contribution is 9.09. The molecule has 0 bridgehead atoms. The molecular formula is C18H29BrN4. The van der Waals surface area contributed by atoms with E-state index < -0.39 is 0 Å². The molecule has 5 heteroatoms. The zero-order valence-electron chi connectivity index (χ0n) is 14.3. The molecule has 1 aromatic carbocycles. The number of nitrogens with zero attached hydrogens (tertiary/aromatic N) is 3. The average Bonchev–Trinajstić information content (AvgIpc) is 2.58. The summed E-state index contributed by atoms with van der Waals surface area (Å²) in [6.07, 6.45) is 11.1. The molecule has 0 unspecified atom stereocenters. The quantitative estimate of drug-likeness (QED) is 0.256. The van der Waals surface area contributed by atoms with E-state index >= 15 is 0 Å². The Balaban J connectivity index is 2.12. The van der Waals surface area contributed by atoms with E-state index in [1.165, 1.54) is 25.7 Å². The molecule has 128 valence electrons. The molecule has 0 amide bonds. The molecule has 0 saturated heterocycles. The molecule has 0 aliphatic heterocycles. The van der Waals surface area contributed by atoms with Gasteiger partial charge >= 0.3 is 0 Å². The van der Waals surface area contributed by atoms with Crippen LogP contribution in [-0.2, 0) is 0 Å². The van der Waals surface area contributed by atoms with Gasteiger partial charge in [-0.1, -0.05) is 47.0 Å². The number of halogens is 1. The van der Waals surface area contributed by atoms with Crippen molar-refractivity contribution in [3.8, 4) is 0 Å². The molecule has 1 rings (SSSR count). The molecule has 0 aliphatic carbocycles. The van der Waals surface area contributed by atoms with Gasteiger partial charge in [-0.15, -0.1) is 0 Å². The third-order valence-electron chi connectivity index (χ3n) is 3.41. The minimum Gasteiger partial charge on any atom is -0.390 e. The first-order chi connectivity index (χ1) is 11.2. The van der Waals surface area contributed by atoms with Gasteiger partial charge in [0.1, 0.15) is 0 Å². The van der Waals surface area contributed by atoms with Crippen molar-refractivity contribution in [2.75, 3.05) is 37.5 Å². The normalized spacial score (nSPS) is 11.3. The van der Waals surface area contributed by atoms with Gasteiger partial charge in [-0.25, -0.2) is 0 Å². The van der Waals surface area contributed by atoms with Crippen LogP contribution in [0.4, 0.5) is 5.69 Å². The second-order valence-electron chi connectivity index (χ2n) is 5.47. The molecule has 0 radical (unpaired) electrons. The first-order valence-corrected chi connectivity index (χ1v) is 9.33. The summed E-state index contributed by atoms with van der Waals surface area (Å²) in [5, 5.41) is 10.8. The van der Waals surface area contributed by atoms with Crippen molar-refractivity contribution in [3.63, 3.8) is 0 Å². The lowest BCUT2D eigenvalue weighted by molar-refractivity contribution is 0.522. The number of hydrazone groups is 1. The molecule has 0 atom stereocenters. The van der Waals surface area contributed by atoms with Crippen LogP contribution in [0.15, 0.2) is 47.8 Å². The van der Waals surface area contributed by atoms with Crippen LogP contribution in [0.3, 0.4) is 0 Å². The Bertz CT molecular complexity index is 448. The third-order valence-corrected chi connectivity index (χ3v) is 3.97. The lowest BCUT2D eigenvalue weighted by Gasteiger charge is -2.14. The van der Waals surface area contributed by atoms with Crippen molar-refractivity contribution >= 4 is 27.8 Å². The molecule has 0 spiro atoms. The Kier molecular flexibility index (Phi) is 11.0. The Morgan fingerprint density at radius 2 is 1.83 bits per heavy atom. The van der Waals surface area contributed by atoms with E-state index in [0.717, 1.165) is 24.1 Å². The number of benzene rings is 1. The van der Waals surface area contributed by atoms with Crippen LogP contribution in [0.2, 0.25) is 0 Å². The Labute approximate surface area is 149 Å². The van der Waals surface area contributed by atoms with E-state index in [4.69, 9.17) is 0 Å². The van der Waals surface area contributed by atoms with E-state index in [0.29, 0.717) is 0 Å². The van der Waals surface area contributed by atoms with Gasteiger partial charge in [-0.2, -0.15) is 5.10 Å². The van der Waals surface area contributed by atoms with Gasteiger partial charge in [0.15, 0.2) is 0 Å². The predicted molar refractivity (Wildman–Crippen MR) is 105 cm³/mol. The van der Waals surface area contributed by atoms with Gasteiger partial charge in [0.05, 0.1) is 12.2 Å². The standard InChI is InChI=1S/C18H29BrN4/c1-22(16-14-20-13-9-4-3-8-12-19)17-15-21-23(2)18-10-6-5-7-11-18/h5-7,10-11,14-16,20H,3-4,8-9,12-13,17H2,1-2H3. The van der Waals surface area contributed by atoms with Gasteiger partial charge < -0.3 is 10.2 Å². The van der Waals surface area contributed by atoms with Gasteiger partial charge in [0.25, 0.3) is 0 Å². The average molecular weight is 381 g/mol. The van der Waals surface area contributed by atoms with Gasteiger partial charge in [0, 0.05) is 44.6 Å².